The number of carboxylic acids is 1. The number of aromatic nitrogens is 2. The van der Waals surface area contributed by atoms with Gasteiger partial charge in [0.25, 0.3) is 0 Å². The third-order valence-corrected chi connectivity index (χ3v) is 3.16. The number of benzene rings is 1. The molecule has 0 aliphatic rings. The molecule has 1 aromatic carbocycles. The maximum absolute atomic E-state index is 11.0. The molecule has 0 saturated carbocycles. The van der Waals surface area contributed by atoms with Gasteiger partial charge in [0, 0.05) is 6.54 Å². The van der Waals surface area contributed by atoms with Crippen LogP contribution in [0, 0.1) is 5.92 Å². The molecule has 0 saturated heterocycles. The van der Waals surface area contributed by atoms with E-state index in [0.717, 1.165) is 24.0 Å². The Labute approximate surface area is 113 Å². The van der Waals surface area contributed by atoms with Gasteiger partial charge in [-0.15, -0.1) is 0 Å². The zero-order valence-corrected chi connectivity index (χ0v) is 11.7. The van der Waals surface area contributed by atoms with Crippen molar-refractivity contribution in [2.24, 2.45) is 5.92 Å². The van der Waals surface area contributed by atoms with E-state index < -0.39 is 5.97 Å². The third kappa shape index (κ3) is 2.95. The molecule has 0 spiro atoms. The SMILES string of the molecule is CCc1ccc2c(c1)nc(CC(=O)O)n2CC(C)C. The summed E-state index contributed by atoms with van der Waals surface area (Å²) >= 11 is 0. The Kier molecular flexibility index (Phi) is 3.88. The molecule has 1 aromatic heterocycles. The second-order valence-corrected chi connectivity index (χ2v) is 5.28. The minimum absolute atomic E-state index is 0.0249. The van der Waals surface area contributed by atoms with E-state index in [1.54, 1.807) is 0 Å². The normalized spacial score (nSPS) is 11.4. The standard InChI is InChI=1S/C15H20N2O2/c1-4-11-5-6-13-12(7-11)16-14(8-15(18)19)17(13)9-10(2)3/h5-7,10H,4,8-9H2,1-3H3,(H,18,19). The van der Waals surface area contributed by atoms with Gasteiger partial charge in [-0.2, -0.15) is 0 Å². The second-order valence-electron chi connectivity index (χ2n) is 5.28. The monoisotopic (exact) mass is 260 g/mol. The zero-order chi connectivity index (χ0) is 14.0. The maximum Gasteiger partial charge on any atom is 0.311 e. The largest absolute Gasteiger partial charge is 0.481 e. The van der Waals surface area contributed by atoms with Crippen LogP contribution in [0.5, 0.6) is 0 Å². The Bertz CT molecular complexity index is 599. The van der Waals surface area contributed by atoms with Gasteiger partial charge in [-0.25, -0.2) is 4.98 Å². The summed E-state index contributed by atoms with van der Waals surface area (Å²) in [6.07, 6.45) is 0.935. The highest BCUT2D eigenvalue weighted by Crippen LogP contribution is 2.20. The van der Waals surface area contributed by atoms with Crippen molar-refractivity contribution in [3.05, 3.63) is 29.6 Å². The lowest BCUT2D eigenvalue weighted by Crippen LogP contribution is -2.12. The lowest BCUT2D eigenvalue weighted by Gasteiger charge is -2.10. The molecule has 1 N–H and O–H groups in total. The molecule has 102 valence electrons. The van der Waals surface area contributed by atoms with Crippen molar-refractivity contribution in [3.8, 4) is 0 Å². The fourth-order valence-electron chi connectivity index (χ4n) is 2.28. The number of imidazole rings is 1. The van der Waals surface area contributed by atoms with Gasteiger partial charge in [0.2, 0.25) is 0 Å². The molecule has 0 aliphatic carbocycles. The van der Waals surface area contributed by atoms with Crippen molar-refractivity contribution < 1.29 is 9.90 Å². The van der Waals surface area contributed by atoms with Crippen LogP contribution >= 0.6 is 0 Å². The average Bonchev–Trinajstić information content (AvgIpc) is 2.65. The molecule has 2 rings (SSSR count). The fourth-order valence-corrected chi connectivity index (χ4v) is 2.28. The first kappa shape index (κ1) is 13.6. The number of aliphatic carboxylic acids is 1. The Hall–Kier alpha value is -1.84. The third-order valence-electron chi connectivity index (χ3n) is 3.16. The van der Waals surface area contributed by atoms with E-state index in [1.165, 1.54) is 5.56 Å². The number of rotatable bonds is 5. The van der Waals surface area contributed by atoms with Crippen LogP contribution in [0.4, 0.5) is 0 Å². The van der Waals surface area contributed by atoms with Crippen LogP contribution in [0.15, 0.2) is 18.2 Å². The lowest BCUT2D eigenvalue weighted by molar-refractivity contribution is -0.136. The van der Waals surface area contributed by atoms with Crippen LogP contribution in [-0.4, -0.2) is 20.6 Å². The predicted molar refractivity (Wildman–Crippen MR) is 75.3 cm³/mol. The summed E-state index contributed by atoms with van der Waals surface area (Å²) in [4.78, 5) is 15.4. The van der Waals surface area contributed by atoms with Crippen LogP contribution in [0.1, 0.15) is 32.2 Å². The van der Waals surface area contributed by atoms with Crippen LogP contribution in [0.2, 0.25) is 0 Å². The topological polar surface area (TPSA) is 55.1 Å². The fraction of sp³-hybridized carbons (Fsp3) is 0.467. The number of carbonyl (C=O) groups is 1. The first-order valence-corrected chi connectivity index (χ1v) is 6.71. The summed E-state index contributed by atoms with van der Waals surface area (Å²) in [5, 5.41) is 9.00. The lowest BCUT2D eigenvalue weighted by atomic mass is 10.1. The van der Waals surface area contributed by atoms with Crippen molar-refractivity contribution in [1.82, 2.24) is 9.55 Å². The molecule has 0 amide bonds. The van der Waals surface area contributed by atoms with Gasteiger partial charge in [-0.3, -0.25) is 4.79 Å². The van der Waals surface area contributed by atoms with Crippen LogP contribution < -0.4 is 0 Å². The number of carboxylic acid groups (broad SMARTS) is 1. The molecule has 0 aliphatic heterocycles. The Morgan fingerprint density at radius 2 is 2.16 bits per heavy atom. The Morgan fingerprint density at radius 3 is 2.74 bits per heavy atom. The van der Waals surface area contributed by atoms with Gasteiger partial charge < -0.3 is 9.67 Å². The summed E-state index contributed by atoms with van der Waals surface area (Å²) in [5.41, 5.74) is 3.15. The Balaban J connectivity index is 2.54. The first-order chi connectivity index (χ1) is 9.01. The smallest absolute Gasteiger partial charge is 0.311 e. The summed E-state index contributed by atoms with van der Waals surface area (Å²) in [6.45, 7) is 7.14. The van der Waals surface area contributed by atoms with E-state index >= 15 is 0 Å². The van der Waals surface area contributed by atoms with E-state index in [-0.39, 0.29) is 6.42 Å². The highest BCUT2D eigenvalue weighted by molar-refractivity contribution is 5.78. The first-order valence-electron chi connectivity index (χ1n) is 6.71. The van der Waals surface area contributed by atoms with Gasteiger partial charge in [-0.05, 0) is 30.0 Å². The zero-order valence-electron chi connectivity index (χ0n) is 11.7. The van der Waals surface area contributed by atoms with Crippen LogP contribution in [-0.2, 0) is 24.2 Å². The van der Waals surface area contributed by atoms with Crippen molar-refractivity contribution in [2.75, 3.05) is 0 Å². The summed E-state index contributed by atoms with van der Waals surface area (Å²) in [7, 11) is 0. The summed E-state index contributed by atoms with van der Waals surface area (Å²) in [6, 6.07) is 6.19. The molecular weight excluding hydrogens is 240 g/mol. The molecule has 0 radical (unpaired) electrons. The molecule has 2 aromatic rings. The predicted octanol–water partition coefficient (Wildman–Crippen LogP) is 2.88. The molecule has 4 heteroatoms. The van der Waals surface area contributed by atoms with Gasteiger partial charge in [-0.1, -0.05) is 26.8 Å². The minimum Gasteiger partial charge on any atom is -0.481 e. The van der Waals surface area contributed by atoms with Gasteiger partial charge in [0.1, 0.15) is 12.2 Å². The van der Waals surface area contributed by atoms with Crippen molar-refractivity contribution >= 4 is 17.0 Å². The van der Waals surface area contributed by atoms with E-state index in [1.807, 2.05) is 4.57 Å². The van der Waals surface area contributed by atoms with Crippen molar-refractivity contribution in [3.63, 3.8) is 0 Å². The molecule has 1 heterocycles. The quantitative estimate of drug-likeness (QED) is 0.899. The maximum atomic E-state index is 11.0. The summed E-state index contributed by atoms with van der Waals surface area (Å²) in [5.74, 6) is 0.260. The minimum atomic E-state index is -0.837. The van der Waals surface area contributed by atoms with Gasteiger partial charge in [0.05, 0.1) is 11.0 Å². The van der Waals surface area contributed by atoms with E-state index in [0.29, 0.717) is 11.7 Å². The molecule has 19 heavy (non-hydrogen) atoms. The van der Waals surface area contributed by atoms with E-state index in [2.05, 4.69) is 44.0 Å². The van der Waals surface area contributed by atoms with Crippen LogP contribution in [0.3, 0.4) is 0 Å². The summed E-state index contributed by atoms with van der Waals surface area (Å²) < 4.78 is 2.04. The average molecular weight is 260 g/mol. The van der Waals surface area contributed by atoms with Crippen LogP contribution in [0.25, 0.3) is 11.0 Å². The number of aryl methyl sites for hydroxylation is 1. The van der Waals surface area contributed by atoms with E-state index in [4.69, 9.17) is 5.11 Å². The molecule has 0 unspecified atom stereocenters. The molecule has 0 bridgehead atoms. The molecule has 0 fully saturated rings. The molecule has 4 nitrogen and oxygen atoms in total. The van der Waals surface area contributed by atoms with Crippen molar-refractivity contribution in [1.29, 1.82) is 0 Å². The number of fused-ring (bicyclic) bond motifs is 1. The highest BCUT2D eigenvalue weighted by atomic mass is 16.4. The van der Waals surface area contributed by atoms with Gasteiger partial charge in [0.15, 0.2) is 0 Å². The Morgan fingerprint density at radius 1 is 1.42 bits per heavy atom. The highest BCUT2D eigenvalue weighted by Gasteiger charge is 2.14. The van der Waals surface area contributed by atoms with E-state index in [9.17, 15) is 4.79 Å². The number of nitrogens with zero attached hydrogens (tertiary/aromatic N) is 2. The number of hydrogen-bond acceptors (Lipinski definition) is 2. The molecule has 0 atom stereocenters. The number of hydrogen-bond donors (Lipinski definition) is 1. The molecular formula is C15H20N2O2. The second kappa shape index (κ2) is 5.43. The van der Waals surface area contributed by atoms with Gasteiger partial charge >= 0.3 is 5.97 Å². The van der Waals surface area contributed by atoms with Crippen molar-refractivity contribution in [2.45, 2.75) is 40.2 Å².